The van der Waals surface area contributed by atoms with Gasteiger partial charge in [0, 0.05) is 63.5 Å². The fraction of sp³-hybridized carbons (Fsp3) is 0. The number of hydrogen-bond donors (Lipinski definition) is 4. The van der Waals surface area contributed by atoms with Gasteiger partial charge in [0.2, 0.25) is 0 Å². The zero-order chi connectivity index (χ0) is 9.30. The van der Waals surface area contributed by atoms with Crippen LogP contribution in [0.5, 0.6) is 17.2 Å². The molecule has 0 aliphatic heterocycles. The van der Waals surface area contributed by atoms with Crippen molar-refractivity contribution in [2.24, 2.45) is 0 Å². The van der Waals surface area contributed by atoms with Crippen LogP contribution in [-0.4, -0.2) is 77.8 Å². The molecule has 0 saturated heterocycles. The first kappa shape index (κ1) is 12.7. The van der Waals surface area contributed by atoms with E-state index < -0.39 is 28.8 Å². The largest absolute Gasteiger partial charge is 0.508 e. The molecule has 0 saturated carbocycles. The Bertz CT molecular complexity index is 313. The maximum atomic E-state index is 10.4. The van der Waals surface area contributed by atoms with Gasteiger partial charge in [0.05, 0.1) is 0 Å². The Hall–Kier alpha value is -0.274. The summed E-state index contributed by atoms with van der Waals surface area (Å²) >= 11 is 0. The van der Waals surface area contributed by atoms with Crippen LogP contribution in [0.4, 0.5) is 0 Å². The van der Waals surface area contributed by atoms with E-state index in [2.05, 4.69) is 0 Å². The first-order valence-electron chi connectivity index (χ1n) is 3.00. The quantitative estimate of drug-likeness (QED) is 0.492. The van der Waals surface area contributed by atoms with Gasteiger partial charge in [0.25, 0.3) is 0 Å². The van der Waals surface area contributed by atoms with Crippen LogP contribution in [0.25, 0.3) is 0 Å². The Labute approximate surface area is 116 Å². The third-order valence-electron chi connectivity index (χ3n) is 1.30. The summed E-state index contributed by atoms with van der Waals surface area (Å²) in [4.78, 5) is 10.4. The van der Waals surface area contributed by atoms with Crippen molar-refractivity contribution in [3.8, 4) is 17.2 Å². The van der Waals surface area contributed by atoms with Gasteiger partial charge >= 0.3 is 5.97 Å². The molecule has 0 atom stereocenters. The summed E-state index contributed by atoms with van der Waals surface area (Å²) in [5.74, 6) is -3.18. The molecule has 1 aromatic carbocycles. The van der Waals surface area contributed by atoms with E-state index in [1.807, 2.05) is 0 Å². The molecular formula is C7H6KO5. The normalized spacial score (nSPS) is 8.92. The topological polar surface area (TPSA) is 98.0 Å². The van der Waals surface area contributed by atoms with Gasteiger partial charge in [0.1, 0.15) is 22.8 Å². The summed E-state index contributed by atoms with van der Waals surface area (Å²) in [5.41, 5.74) is -0.618. The summed E-state index contributed by atoms with van der Waals surface area (Å²) in [6.45, 7) is 0. The molecule has 0 spiro atoms. The number of aromatic carboxylic acids is 1. The van der Waals surface area contributed by atoms with Crippen LogP contribution in [0.15, 0.2) is 12.1 Å². The van der Waals surface area contributed by atoms with Crippen LogP contribution < -0.4 is 0 Å². The summed E-state index contributed by atoms with van der Waals surface area (Å²) in [6, 6.07) is 1.67. The predicted octanol–water partition coefficient (Wildman–Crippen LogP) is 0.121. The van der Waals surface area contributed by atoms with E-state index in [-0.39, 0.29) is 51.4 Å². The van der Waals surface area contributed by atoms with Crippen molar-refractivity contribution in [3.63, 3.8) is 0 Å². The molecule has 0 aliphatic rings. The van der Waals surface area contributed by atoms with Crippen LogP contribution in [0, 0.1) is 0 Å². The average molecular weight is 209 g/mol. The summed E-state index contributed by atoms with van der Waals surface area (Å²) in [5, 5.41) is 35.1. The minimum Gasteiger partial charge on any atom is -0.508 e. The molecule has 0 aliphatic carbocycles. The minimum absolute atomic E-state index is 0. The van der Waals surface area contributed by atoms with Gasteiger partial charge in [-0.2, -0.15) is 0 Å². The zero-order valence-electron chi connectivity index (χ0n) is 6.85. The molecule has 13 heavy (non-hydrogen) atoms. The van der Waals surface area contributed by atoms with E-state index in [0.29, 0.717) is 0 Å². The Morgan fingerprint density at radius 2 is 1.46 bits per heavy atom. The molecule has 65 valence electrons. The van der Waals surface area contributed by atoms with Crippen LogP contribution in [0.3, 0.4) is 0 Å². The van der Waals surface area contributed by atoms with Crippen molar-refractivity contribution < 1.29 is 25.2 Å². The summed E-state index contributed by atoms with van der Waals surface area (Å²) < 4.78 is 0. The fourth-order valence-corrected chi connectivity index (χ4v) is 0.816. The number of rotatable bonds is 1. The molecule has 0 heterocycles. The van der Waals surface area contributed by atoms with Gasteiger partial charge in [-0.15, -0.1) is 0 Å². The van der Waals surface area contributed by atoms with Crippen molar-refractivity contribution in [1.29, 1.82) is 0 Å². The van der Waals surface area contributed by atoms with Crippen LogP contribution in [-0.2, 0) is 0 Å². The number of phenolic OH excluding ortho intramolecular Hbond substituents is 1. The smallest absolute Gasteiger partial charge is 0.343 e. The van der Waals surface area contributed by atoms with Gasteiger partial charge in [-0.05, 0) is 0 Å². The number of hydrogen-bond acceptors (Lipinski definition) is 4. The molecule has 1 radical (unpaired) electrons. The Morgan fingerprint density at radius 3 is 1.77 bits per heavy atom. The Morgan fingerprint density at radius 1 is 1.08 bits per heavy atom. The molecule has 0 aromatic heterocycles. The molecule has 0 unspecified atom stereocenters. The summed E-state index contributed by atoms with van der Waals surface area (Å²) in [6.07, 6.45) is 0. The van der Waals surface area contributed by atoms with Crippen LogP contribution in [0.2, 0.25) is 0 Å². The standard InChI is InChI=1S/C7H6O5.K/c8-3-1-4(9)6(7(11)12)5(10)2-3;/h1-2,8-10H,(H,11,12);. The molecule has 0 fully saturated rings. The molecular weight excluding hydrogens is 203 g/mol. The van der Waals surface area contributed by atoms with Gasteiger partial charge in [-0.3, -0.25) is 0 Å². The van der Waals surface area contributed by atoms with E-state index in [4.69, 9.17) is 20.4 Å². The third-order valence-corrected chi connectivity index (χ3v) is 1.30. The van der Waals surface area contributed by atoms with Crippen molar-refractivity contribution in [2.75, 3.05) is 0 Å². The molecule has 1 aromatic rings. The van der Waals surface area contributed by atoms with Crippen LogP contribution >= 0.6 is 0 Å². The van der Waals surface area contributed by atoms with Crippen LogP contribution in [0.1, 0.15) is 10.4 Å². The predicted molar refractivity (Wildman–Crippen MR) is 44.1 cm³/mol. The van der Waals surface area contributed by atoms with E-state index >= 15 is 0 Å². The summed E-state index contributed by atoms with van der Waals surface area (Å²) in [7, 11) is 0. The van der Waals surface area contributed by atoms with E-state index in [9.17, 15) is 4.79 Å². The number of phenols is 3. The Balaban J connectivity index is 0.00000144. The molecule has 5 nitrogen and oxygen atoms in total. The SMILES string of the molecule is O=C(O)c1c(O)cc(O)cc1O.[K]. The number of benzene rings is 1. The second kappa shape index (κ2) is 4.82. The number of carboxylic acid groups (broad SMARTS) is 1. The van der Waals surface area contributed by atoms with Gasteiger partial charge in [-0.1, -0.05) is 0 Å². The first-order chi connectivity index (χ1) is 5.52. The molecule has 0 amide bonds. The van der Waals surface area contributed by atoms with E-state index in [1.54, 1.807) is 0 Å². The monoisotopic (exact) mass is 209 g/mol. The van der Waals surface area contributed by atoms with Crippen molar-refractivity contribution in [1.82, 2.24) is 0 Å². The average Bonchev–Trinajstić information content (AvgIpc) is 1.82. The molecule has 6 heteroatoms. The third kappa shape index (κ3) is 2.85. The van der Waals surface area contributed by atoms with Crippen molar-refractivity contribution >= 4 is 57.4 Å². The van der Waals surface area contributed by atoms with E-state index in [0.717, 1.165) is 12.1 Å². The minimum atomic E-state index is -1.45. The number of aromatic hydroxyl groups is 3. The number of carboxylic acids is 1. The Kier molecular flexibility index (Phi) is 4.72. The molecule has 1 rings (SSSR count). The van der Waals surface area contributed by atoms with Crippen molar-refractivity contribution in [3.05, 3.63) is 17.7 Å². The maximum Gasteiger partial charge on any atom is 0.343 e. The van der Waals surface area contributed by atoms with Gasteiger partial charge < -0.3 is 20.4 Å². The van der Waals surface area contributed by atoms with Crippen molar-refractivity contribution in [2.45, 2.75) is 0 Å². The second-order valence-electron chi connectivity index (χ2n) is 2.16. The second-order valence-corrected chi connectivity index (χ2v) is 2.16. The maximum absolute atomic E-state index is 10.4. The van der Waals surface area contributed by atoms with E-state index in [1.165, 1.54) is 0 Å². The number of carbonyl (C=O) groups is 1. The first-order valence-corrected chi connectivity index (χ1v) is 3.00. The molecule has 0 bridgehead atoms. The molecule has 4 N–H and O–H groups in total. The zero-order valence-corrected chi connectivity index (χ0v) is 9.97. The van der Waals surface area contributed by atoms with Gasteiger partial charge in [-0.25, -0.2) is 4.79 Å². The van der Waals surface area contributed by atoms with Gasteiger partial charge in [0.15, 0.2) is 0 Å². The fourth-order valence-electron chi connectivity index (χ4n) is 0.816.